The molecule has 0 saturated carbocycles. The third-order valence-electron chi connectivity index (χ3n) is 19.7. The standard InChI is InChI=1S/C48H57NO9Si.C39H44O7.H2/c1-8-9-27-49-28-10-29-59(50-6,51-7)58-46(34-54-42-23-15-38(16-24-42)47(2,3)36-11-19-40(20-12-36)52-30-44-32-56-44)35-55-43-25-17-39(18-26-43)48(4,5)37-13-21-41(22-14-37)53-31-45-33-57-45;1-38(2,29-9-17-34(18-10-29)43-23-36-25-45-36)27-5-13-32(14-6-27)41-21-31(40)22-42-33-15-7-28(8-16-33)39(3,4)30-11-19-35(20-12-30)44-24-37-26-46-37;/h1,11-26,44-46,49H,10,28-35H2,2-7H3;5-20,31,36-37,40H,21-26H2,1-4H3;1H. The van der Waals surface area contributed by atoms with Gasteiger partial charge in [-0.05, 0) is 154 Å². The molecular formula is C87H103NO16Si. The van der Waals surface area contributed by atoms with E-state index in [0.717, 1.165) is 60.6 Å². The summed E-state index contributed by atoms with van der Waals surface area (Å²) in [5.74, 6) is 11.1. The van der Waals surface area contributed by atoms with Crippen LogP contribution in [0.25, 0.3) is 0 Å². The molecule has 18 heteroatoms. The molecule has 4 unspecified atom stereocenters. The number of aliphatic hydroxyl groups is 1. The molecule has 12 rings (SSSR count). The minimum Gasteiger partial charge on any atom is -0.491 e. The minimum absolute atomic E-state index is 0. The van der Waals surface area contributed by atoms with Gasteiger partial charge in [-0.2, -0.15) is 0 Å². The van der Waals surface area contributed by atoms with Crippen LogP contribution in [0.4, 0.5) is 0 Å². The van der Waals surface area contributed by atoms with E-state index in [-0.39, 0.29) is 73.9 Å². The van der Waals surface area contributed by atoms with Crippen molar-refractivity contribution in [3.8, 4) is 70.3 Å². The molecule has 0 amide bonds. The van der Waals surface area contributed by atoms with Gasteiger partial charge in [0.1, 0.15) is 135 Å². The van der Waals surface area contributed by atoms with Crippen LogP contribution in [-0.2, 0) is 53.9 Å². The maximum atomic E-state index is 10.5. The van der Waals surface area contributed by atoms with Gasteiger partial charge >= 0.3 is 8.80 Å². The van der Waals surface area contributed by atoms with Crippen LogP contribution in [0.3, 0.4) is 0 Å². The number of hydrogen-bond acceptors (Lipinski definition) is 17. The summed E-state index contributed by atoms with van der Waals surface area (Å²) in [6.45, 7) is 24.4. The molecule has 4 fully saturated rings. The van der Waals surface area contributed by atoms with Crippen molar-refractivity contribution in [1.82, 2.24) is 5.32 Å². The first-order valence-electron chi connectivity index (χ1n) is 36.2. The van der Waals surface area contributed by atoms with E-state index >= 15 is 0 Å². The second-order valence-corrected chi connectivity index (χ2v) is 31.8. The van der Waals surface area contributed by atoms with Crippen molar-refractivity contribution >= 4 is 8.80 Å². The molecule has 105 heavy (non-hydrogen) atoms. The second-order valence-electron chi connectivity index (χ2n) is 28.9. The van der Waals surface area contributed by atoms with Crippen LogP contribution in [-0.4, -0.2) is 151 Å². The van der Waals surface area contributed by atoms with Gasteiger partial charge in [0, 0.05) is 61.9 Å². The van der Waals surface area contributed by atoms with E-state index in [2.05, 4.69) is 176 Å². The molecule has 4 saturated heterocycles. The summed E-state index contributed by atoms with van der Waals surface area (Å²) < 4.78 is 87.3. The zero-order chi connectivity index (χ0) is 73.9. The van der Waals surface area contributed by atoms with Gasteiger partial charge in [0.25, 0.3) is 0 Å². The van der Waals surface area contributed by atoms with Gasteiger partial charge in [-0.15, -0.1) is 6.42 Å². The molecule has 8 aromatic carbocycles. The smallest absolute Gasteiger partial charge is 0.491 e. The molecule has 4 atom stereocenters. The number of hydrogen-bond donors (Lipinski definition) is 2. The third-order valence-corrected chi connectivity index (χ3v) is 22.6. The Labute approximate surface area is 622 Å². The lowest BCUT2D eigenvalue weighted by atomic mass is 9.78. The van der Waals surface area contributed by atoms with Gasteiger partial charge in [0.05, 0.1) is 26.4 Å². The van der Waals surface area contributed by atoms with Crippen LogP contribution in [0.5, 0.6) is 46.0 Å². The summed E-state index contributed by atoms with van der Waals surface area (Å²) in [4.78, 5) is 0. The fraction of sp³-hybridized carbons (Fsp3) is 0.402. The molecule has 17 nitrogen and oxygen atoms in total. The van der Waals surface area contributed by atoms with Crippen LogP contribution >= 0.6 is 0 Å². The van der Waals surface area contributed by atoms with Gasteiger partial charge in [-0.1, -0.05) is 152 Å². The Balaban J connectivity index is 0.000000231. The molecule has 4 aliphatic heterocycles. The Morgan fingerprint density at radius 1 is 0.400 bits per heavy atom. The zero-order valence-corrected chi connectivity index (χ0v) is 63.2. The number of benzene rings is 8. The van der Waals surface area contributed by atoms with Crippen molar-refractivity contribution in [2.75, 3.05) is 100 Å². The summed E-state index contributed by atoms with van der Waals surface area (Å²) in [5, 5.41) is 13.6. The third kappa shape index (κ3) is 22.5. The Kier molecular flexibility index (Phi) is 26.3. The Morgan fingerprint density at radius 3 is 0.848 bits per heavy atom. The fourth-order valence-electron chi connectivity index (χ4n) is 12.0. The highest BCUT2D eigenvalue weighted by Crippen LogP contribution is 2.39. The van der Waals surface area contributed by atoms with E-state index < -0.39 is 21.0 Å². The number of epoxide rings is 4. The first-order valence-corrected chi connectivity index (χ1v) is 38.1. The highest BCUT2D eigenvalue weighted by atomic mass is 28.4. The lowest BCUT2D eigenvalue weighted by Crippen LogP contribution is -2.49. The normalized spacial score (nSPS) is 17.2. The van der Waals surface area contributed by atoms with Crippen LogP contribution in [0.1, 0.15) is 108 Å². The number of aliphatic hydroxyl groups excluding tert-OH is 1. The lowest BCUT2D eigenvalue weighted by Gasteiger charge is -2.31. The summed E-state index contributed by atoms with van der Waals surface area (Å²) >= 11 is 0. The zero-order valence-electron chi connectivity index (χ0n) is 62.2. The average Bonchev–Trinajstić information content (AvgIpc) is 0.907. The SMILES string of the molecule is C#CC#CNCCC[Si](OC)(OC)OC(COc1ccc(C(C)(C)c2ccc(OCC3CO3)cc2)cc1)COc1ccc(C(C)(C)c2ccc(OCC3CO3)cc2)cc1.CC(C)(c1ccc(OCC(O)COc2ccc(C(C)(C)c3ccc(OCC4CO4)cc3)cc2)cc1)c1ccc(OCC2CO2)cc1.[HH]. The molecule has 4 heterocycles. The van der Waals surface area contributed by atoms with Crippen LogP contribution in [0.2, 0.25) is 6.04 Å². The van der Waals surface area contributed by atoms with Crippen molar-refractivity contribution in [2.45, 2.75) is 126 Å². The van der Waals surface area contributed by atoms with Gasteiger partial charge in [0.15, 0.2) is 0 Å². The van der Waals surface area contributed by atoms with Crippen molar-refractivity contribution in [3.05, 3.63) is 239 Å². The molecule has 0 aromatic heterocycles. The summed E-state index contributed by atoms with van der Waals surface area (Å²) in [6, 6.07) is 68.8. The van der Waals surface area contributed by atoms with Crippen molar-refractivity contribution in [1.29, 1.82) is 0 Å². The highest BCUT2D eigenvalue weighted by Gasteiger charge is 2.42. The second kappa shape index (κ2) is 35.8. The van der Waals surface area contributed by atoms with Crippen LogP contribution in [0.15, 0.2) is 194 Å². The Hall–Kier alpha value is -9.02. The fourth-order valence-corrected chi connectivity index (χ4v) is 14.1. The van der Waals surface area contributed by atoms with Crippen LogP contribution in [0, 0.1) is 24.3 Å². The molecule has 0 aliphatic carbocycles. The average molecular weight is 1450 g/mol. The number of rotatable bonds is 40. The van der Waals surface area contributed by atoms with E-state index in [1.165, 1.54) is 33.4 Å². The van der Waals surface area contributed by atoms with Gasteiger partial charge < -0.3 is 80.5 Å². The van der Waals surface area contributed by atoms with E-state index in [4.69, 9.17) is 76.5 Å². The maximum Gasteiger partial charge on any atom is 0.500 e. The molecule has 0 radical (unpaired) electrons. The number of ether oxygens (including phenoxy) is 12. The van der Waals surface area contributed by atoms with Crippen molar-refractivity contribution in [2.24, 2.45) is 0 Å². The predicted octanol–water partition coefficient (Wildman–Crippen LogP) is 14.5. The van der Waals surface area contributed by atoms with Gasteiger partial charge in [0.2, 0.25) is 0 Å². The quantitative estimate of drug-likeness (QED) is 0.0121. The maximum absolute atomic E-state index is 10.5. The minimum atomic E-state index is -3.14. The molecule has 4 aliphatic rings. The van der Waals surface area contributed by atoms with E-state index in [0.29, 0.717) is 68.4 Å². The van der Waals surface area contributed by atoms with E-state index in [1.54, 1.807) is 14.2 Å². The molecular weight excluding hydrogens is 1340 g/mol. The monoisotopic (exact) mass is 1450 g/mol. The first-order chi connectivity index (χ1) is 50.7. The molecule has 2 N–H and O–H groups in total. The number of terminal acetylenes is 1. The topological polar surface area (TPSA) is 184 Å². The lowest BCUT2D eigenvalue weighted by molar-refractivity contribution is 0.00881. The summed E-state index contributed by atoms with van der Waals surface area (Å²) in [6.07, 6.45) is 5.58. The predicted molar refractivity (Wildman–Crippen MR) is 410 cm³/mol. The number of nitrogens with one attached hydrogen (secondary N) is 1. The molecule has 0 spiro atoms. The van der Waals surface area contributed by atoms with Gasteiger partial charge in [-0.25, -0.2) is 0 Å². The van der Waals surface area contributed by atoms with Crippen LogP contribution < -0.4 is 43.2 Å². The van der Waals surface area contributed by atoms with Crippen molar-refractivity contribution in [3.63, 3.8) is 0 Å². The molecule has 556 valence electrons. The molecule has 0 bridgehead atoms. The summed E-state index contributed by atoms with van der Waals surface area (Å²) in [7, 11) is 0.102. The summed E-state index contributed by atoms with van der Waals surface area (Å²) in [5.41, 5.74) is 8.53. The van der Waals surface area contributed by atoms with E-state index in [9.17, 15) is 5.11 Å². The van der Waals surface area contributed by atoms with Gasteiger partial charge in [-0.3, -0.25) is 0 Å². The molecule has 8 aromatic rings. The first kappa shape index (κ1) is 77.1. The Morgan fingerprint density at radius 2 is 0.629 bits per heavy atom. The highest BCUT2D eigenvalue weighted by molar-refractivity contribution is 6.60. The van der Waals surface area contributed by atoms with Crippen molar-refractivity contribution < 1.29 is 76.7 Å². The largest absolute Gasteiger partial charge is 0.500 e. The van der Waals surface area contributed by atoms with E-state index in [1.807, 2.05) is 97.1 Å². The Bertz CT molecular complexity index is 3850.